The van der Waals surface area contributed by atoms with Crippen molar-refractivity contribution in [2.24, 2.45) is 0 Å². The number of hydrogen-bond acceptors (Lipinski definition) is 5. The molecule has 144 valence electrons. The molecule has 1 unspecified atom stereocenters. The summed E-state index contributed by atoms with van der Waals surface area (Å²) in [5.41, 5.74) is -0.766. The van der Waals surface area contributed by atoms with Gasteiger partial charge in [0, 0.05) is 0 Å². The predicted octanol–water partition coefficient (Wildman–Crippen LogP) is 2.18. The first-order chi connectivity index (χ1) is 12.6. The highest BCUT2D eigenvalue weighted by Gasteiger charge is 2.38. The molecule has 0 aromatic heterocycles. The van der Waals surface area contributed by atoms with Gasteiger partial charge < -0.3 is 5.32 Å². The molecule has 0 aliphatic carbocycles. The summed E-state index contributed by atoms with van der Waals surface area (Å²) in [5.74, 6) is -3.48. The number of halogens is 2. The Morgan fingerprint density at radius 3 is 2.41 bits per heavy atom. The molecule has 2 aromatic carbocycles. The van der Waals surface area contributed by atoms with Gasteiger partial charge >= 0.3 is 0 Å². The van der Waals surface area contributed by atoms with Crippen LogP contribution in [0.4, 0.5) is 14.5 Å². The lowest BCUT2D eigenvalue weighted by Crippen LogP contribution is -2.23. The second kappa shape index (κ2) is 7.01. The van der Waals surface area contributed by atoms with Crippen molar-refractivity contribution < 1.29 is 30.4 Å². The van der Waals surface area contributed by atoms with Crippen molar-refractivity contribution in [2.75, 3.05) is 16.8 Å². The van der Waals surface area contributed by atoms with E-state index < -0.39 is 53.8 Å². The minimum Gasteiger partial charge on any atom is -0.319 e. The number of carbonyl (C=O) groups excluding carboxylic acids is 1. The topological polar surface area (TPSA) is 97.4 Å². The lowest BCUT2D eigenvalue weighted by atomic mass is 10.2. The van der Waals surface area contributed by atoms with Gasteiger partial charge in [0.25, 0.3) is 5.91 Å². The van der Waals surface area contributed by atoms with Crippen LogP contribution in [-0.4, -0.2) is 39.5 Å². The fourth-order valence-electron chi connectivity index (χ4n) is 2.81. The largest absolute Gasteiger partial charge is 0.319 e. The third-order valence-corrected chi connectivity index (χ3v) is 8.43. The Balaban J connectivity index is 1.93. The smallest absolute Gasteiger partial charge is 0.258 e. The number of hydrogen-bond donors (Lipinski definition) is 1. The van der Waals surface area contributed by atoms with Gasteiger partial charge in [-0.15, -0.1) is 0 Å². The van der Waals surface area contributed by atoms with E-state index in [1.165, 1.54) is 18.2 Å². The van der Waals surface area contributed by atoms with Gasteiger partial charge in [-0.3, -0.25) is 4.79 Å². The van der Waals surface area contributed by atoms with Gasteiger partial charge in [0.2, 0.25) is 0 Å². The molecule has 3 rings (SSSR count). The molecular formula is C17H15F2NO5S2. The summed E-state index contributed by atoms with van der Waals surface area (Å²) in [6.45, 7) is 0. The van der Waals surface area contributed by atoms with Gasteiger partial charge in [-0.1, -0.05) is 12.1 Å². The fourth-order valence-corrected chi connectivity index (χ4v) is 7.19. The van der Waals surface area contributed by atoms with Crippen LogP contribution >= 0.6 is 0 Å². The average Bonchev–Trinajstić information content (AvgIpc) is 2.98. The Hall–Kier alpha value is -2.33. The van der Waals surface area contributed by atoms with Crippen molar-refractivity contribution >= 4 is 31.3 Å². The minimum absolute atomic E-state index is 0.0567. The average molecular weight is 415 g/mol. The highest BCUT2D eigenvalue weighted by Crippen LogP contribution is 2.27. The van der Waals surface area contributed by atoms with E-state index in [1.54, 1.807) is 0 Å². The van der Waals surface area contributed by atoms with Gasteiger partial charge in [0.05, 0.1) is 32.9 Å². The SMILES string of the molecule is O=C(Nc1ccccc1F)c1cc(S(=O)(=O)C2CCS(=O)(=O)C2)ccc1F. The predicted molar refractivity (Wildman–Crippen MR) is 95.0 cm³/mol. The highest BCUT2D eigenvalue weighted by molar-refractivity contribution is 7.96. The molecule has 1 atom stereocenters. The summed E-state index contributed by atoms with van der Waals surface area (Å²) >= 11 is 0. The fraction of sp³-hybridized carbons (Fsp3) is 0.235. The van der Waals surface area contributed by atoms with Gasteiger partial charge in [-0.25, -0.2) is 25.6 Å². The van der Waals surface area contributed by atoms with E-state index in [2.05, 4.69) is 5.32 Å². The third kappa shape index (κ3) is 4.01. The third-order valence-electron chi connectivity index (χ3n) is 4.26. The maximum atomic E-state index is 14.1. The van der Waals surface area contributed by atoms with Gasteiger partial charge in [0.1, 0.15) is 11.6 Å². The Kier molecular flexibility index (Phi) is 5.04. The molecule has 1 N–H and O–H groups in total. The van der Waals surface area contributed by atoms with Crippen molar-refractivity contribution in [3.63, 3.8) is 0 Å². The summed E-state index contributed by atoms with van der Waals surface area (Å²) in [6.07, 6.45) is -0.0567. The first-order valence-electron chi connectivity index (χ1n) is 7.90. The number of sulfone groups is 2. The van der Waals surface area contributed by atoms with E-state index in [-0.39, 0.29) is 22.8 Å². The second-order valence-electron chi connectivity index (χ2n) is 6.15. The van der Waals surface area contributed by atoms with Gasteiger partial charge in [-0.05, 0) is 36.8 Å². The van der Waals surface area contributed by atoms with Crippen molar-refractivity contribution in [2.45, 2.75) is 16.6 Å². The zero-order chi connectivity index (χ0) is 19.8. The molecular weight excluding hydrogens is 400 g/mol. The summed E-state index contributed by atoms with van der Waals surface area (Å²) in [6, 6.07) is 7.89. The van der Waals surface area contributed by atoms with Crippen LogP contribution in [-0.2, 0) is 19.7 Å². The molecule has 6 nitrogen and oxygen atoms in total. The molecule has 1 aliphatic heterocycles. The lowest BCUT2D eigenvalue weighted by Gasteiger charge is -2.12. The molecule has 1 heterocycles. The van der Waals surface area contributed by atoms with Crippen LogP contribution in [0.1, 0.15) is 16.8 Å². The number of carbonyl (C=O) groups is 1. The Bertz CT molecular complexity index is 1110. The second-order valence-corrected chi connectivity index (χ2v) is 10.6. The maximum Gasteiger partial charge on any atom is 0.258 e. The van der Waals surface area contributed by atoms with Crippen LogP contribution in [0.25, 0.3) is 0 Å². The first kappa shape index (κ1) is 19.4. The van der Waals surface area contributed by atoms with Crippen LogP contribution in [0.15, 0.2) is 47.4 Å². The summed E-state index contributed by atoms with van der Waals surface area (Å²) < 4.78 is 76.1. The zero-order valence-corrected chi connectivity index (χ0v) is 15.5. The number of nitrogens with one attached hydrogen (secondary N) is 1. The van der Waals surface area contributed by atoms with E-state index in [1.807, 2.05) is 0 Å². The number of rotatable bonds is 4. The summed E-state index contributed by atoms with van der Waals surface area (Å²) in [4.78, 5) is 11.9. The Morgan fingerprint density at radius 2 is 1.78 bits per heavy atom. The molecule has 1 amide bonds. The number of anilines is 1. The molecule has 2 aromatic rings. The zero-order valence-electron chi connectivity index (χ0n) is 13.9. The highest BCUT2D eigenvalue weighted by atomic mass is 32.2. The summed E-state index contributed by atoms with van der Waals surface area (Å²) in [5, 5.41) is 1.04. The minimum atomic E-state index is -4.06. The number of para-hydroxylation sites is 1. The molecule has 0 radical (unpaired) electrons. The molecule has 0 bridgehead atoms. The van der Waals surface area contributed by atoms with Crippen molar-refractivity contribution in [3.8, 4) is 0 Å². The van der Waals surface area contributed by atoms with Gasteiger partial charge in [0.15, 0.2) is 19.7 Å². The normalized spacial score (nSPS) is 19.0. The summed E-state index contributed by atoms with van der Waals surface area (Å²) in [7, 11) is -7.50. The Morgan fingerprint density at radius 1 is 1.07 bits per heavy atom. The molecule has 10 heteroatoms. The number of benzene rings is 2. The van der Waals surface area contributed by atoms with Gasteiger partial charge in [-0.2, -0.15) is 0 Å². The molecule has 0 spiro atoms. The molecule has 27 heavy (non-hydrogen) atoms. The van der Waals surface area contributed by atoms with Crippen LogP contribution < -0.4 is 5.32 Å². The molecule has 1 fully saturated rings. The van der Waals surface area contributed by atoms with Crippen molar-refractivity contribution in [1.82, 2.24) is 0 Å². The van der Waals surface area contributed by atoms with Crippen LogP contribution in [0, 0.1) is 11.6 Å². The molecule has 1 saturated heterocycles. The lowest BCUT2D eigenvalue weighted by molar-refractivity contribution is 0.102. The standard InChI is InChI=1S/C17H15F2NO5S2/c18-14-6-5-11(27(24,25)12-7-8-26(22,23)10-12)9-13(14)17(21)20-16-4-2-1-3-15(16)19/h1-6,9,12H,7-8,10H2,(H,20,21). The van der Waals surface area contributed by atoms with E-state index in [4.69, 9.17) is 0 Å². The van der Waals surface area contributed by atoms with E-state index in [0.29, 0.717) is 0 Å². The van der Waals surface area contributed by atoms with E-state index in [0.717, 1.165) is 24.3 Å². The number of amides is 1. The molecule has 0 saturated carbocycles. The van der Waals surface area contributed by atoms with Crippen molar-refractivity contribution in [1.29, 1.82) is 0 Å². The van der Waals surface area contributed by atoms with E-state index in [9.17, 15) is 30.4 Å². The molecule has 1 aliphatic rings. The quantitative estimate of drug-likeness (QED) is 0.772. The van der Waals surface area contributed by atoms with Crippen LogP contribution in [0.3, 0.4) is 0 Å². The van der Waals surface area contributed by atoms with Crippen LogP contribution in [0.5, 0.6) is 0 Å². The van der Waals surface area contributed by atoms with E-state index >= 15 is 0 Å². The monoisotopic (exact) mass is 415 g/mol. The first-order valence-corrected chi connectivity index (χ1v) is 11.3. The van der Waals surface area contributed by atoms with Crippen molar-refractivity contribution in [3.05, 3.63) is 59.7 Å². The van der Waals surface area contributed by atoms with Crippen LogP contribution in [0.2, 0.25) is 0 Å². The Labute approximate surface area is 155 Å². The maximum absolute atomic E-state index is 14.1.